The molecule has 0 saturated carbocycles. The average Bonchev–Trinajstić information content (AvgIpc) is 2.83. The summed E-state index contributed by atoms with van der Waals surface area (Å²) in [5.41, 5.74) is 2.83. The zero-order valence-electron chi connectivity index (χ0n) is 17.7. The highest BCUT2D eigenvalue weighted by molar-refractivity contribution is 8.03. The summed E-state index contributed by atoms with van der Waals surface area (Å²) in [6.45, 7) is 1.40. The molecule has 0 spiro atoms. The molecule has 1 amide bonds. The molecule has 2 heterocycles. The first-order valence-corrected chi connectivity index (χ1v) is 11.2. The van der Waals surface area contributed by atoms with Gasteiger partial charge in [-0.15, -0.1) is 0 Å². The first-order chi connectivity index (χ1) is 15.1. The minimum Gasteiger partial charge on any atom is -0.493 e. The van der Waals surface area contributed by atoms with Crippen molar-refractivity contribution in [2.75, 3.05) is 33.3 Å². The third-order valence-corrected chi connectivity index (χ3v) is 6.93. The number of rotatable bonds is 6. The Bertz CT molecular complexity index is 1030. The van der Waals surface area contributed by atoms with E-state index in [9.17, 15) is 10.1 Å². The molecule has 2 aliphatic rings. The number of hydrogen-bond acceptors (Lipinski definition) is 6. The summed E-state index contributed by atoms with van der Waals surface area (Å²) in [4.78, 5) is 17.1. The van der Waals surface area contributed by atoms with Gasteiger partial charge in [-0.3, -0.25) is 14.6 Å². The third-order valence-electron chi connectivity index (χ3n) is 5.72. The van der Waals surface area contributed by atoms with Gasteiger partial charge in [-0.2, -0.15) is 5.26 Å². The summed E-state index contributed by atoms with van der Waals surface area (Å²) >= 11 is 1.58. The molecule has 1 fully saturated rings. The number of thioether (sulfide) groups is 1. The topological polar surface area (TPSA) is 65.8 Å². The second-order valence-electron chi connectivity index (χ2n) is 7.57. The molecule has 7 heteroatoms. The van der Waals surface area contributed by atoms with Crippen molar-refractivity contribution >= 4 is 17.7 Å². The maximum Gasteiger partial charge on any atom is 0.229 e. The predicted octanol–water partition coefficient (Wildman–Crippen LogP) is 3.96. The van der Waals surface area contributed by atoms with Gasteiger partial charge in [0.25, 0.3) is 0 Å². The number of amides is 1. The Morgan fingerprint density at radius 2 is 1.90 bits per heavy atom. The lowest BCUT2D eigenvalue weighted by atomic mass is 9.86. The van der Waals surface area contributed by atoms with E-state index in [1.807, 2.05) is 36.4 Å². The summed E-state index contributed by atoms with van der Waals surface area (Å²) in [5.74, 6) is 1.76. The SMILES string of the molecule is COc1ccc([C@H]2CC(=O)N3CN(CCc4ccccc4)CSC3=C2C#N)cc1OC. The predicted molar refractivity (Wildman–Crippen MR) is 121 cm³/mol. The van der Waals surface area contributed by atoms with E-state index in [4.69, 9.17) is 9.47 Å². The minimum atomic E-state index is -0.271. The smallest absolute Gasteiger partial charge is 0.229 e. The van der Waals surface area contributed by atoms with Gasteiger partial charge in [-0.05, 0) is 29.7 Å². The van der Waals surface area contributed by atoms with Gasteiger partial charge in [0.2, 0.25) is 5.91 Å². The van der Waals surface area contributed by atoms with Gasteiger partial charge < -0.3 is 9.47 Å². The van der Waals surface area contributed by atoms with Crippen molar-refractivity contribution in [2.24, 2.45) is 0 Å². The summed E-state index contributed by atoms with van der Waals surface area (Å²) in [6, 6.07) is 18.3. The highest BCUT2D eigenvalue weighted by Gasteiger charge is 2.38. The van der Waals surface area contributed by atoms with Gasteiger partial charge >= 0.3 is 0 Å². The molecular weight excluding hydrogens is 410 g/mol. The number of carbonyl (C=O) groups is 1. The van der Waals surface area contributed by atoms with E-state index in [2.05, 4.69) is 23.1 Å². The highest BCUT2D eigenvalue weighted by Crippen LogP contribution is 2.44. The van der Waals surface area contributed by atoms with Crippen LogP contribution < -0.4 is 9.47 Å². The van der Waals surface area contributed by atoms with Crippen LogP contribution in [0.5, 0.6) is 11.5 Å². The molecule has 2 aliphatic heterocycles. The van der Waals surface area contributed by atoms with E-state index in [0.717, 1.165) is 29.4 Å². The molecule has 0 radical (unpaired) electrons. The fourth-order valence-corrected chi connectivity index (χ4v) is 5.21. The van der Waals surface area contributed by atoms with Crippen molar-refractivity contribution in [3.63, 3.8) is 0 Å². The molecule has 0 aliphatic carbocycles. The van der Waals surface area contributed by atoms with Gasteiger partial charge in [0.05, 0.1) is 43.4 Å². The van der Waals surface area contributed by atoms with E-state index in [1.54, 1.807) is 30.9 Å². The lowest BCUT2D eigenvalue weighted by molar-refractivity contribution is -0.131. The largest absolute Gasteiger partial charge is 0.493 e. The molecule has 4 rings (SSSR count). The maximum atomic E-state index is 13.1. The number of ether oxygens (including phenoxy) is 2. The standard InChI is InChI=1S/C24H25N3O3S/c1-29-21-9-8-18(12-22(21)30-2)19-13-23(28)27-15-26(16-31-24(27)20(19)14-25)11-10-17-6-4-3-5-7-17/h3-9,12,19H,10-11,13,15-16H2,1-2H3/t19-/m1/s1. The second-order valence-corrected chi connectivity index (χ2v) is 8.50. The normalized spacial score (nSPS) is 19.1. The summed E-state index contributed by atoms with van der Waals surface area (Å²) < 4.78 is 10.7. The molecule has 6 nitrogen and oxygen atoms in total. The molecule has 0 unspecified atom stereocenters. The molecule has 0 N–H and O–H groups in total. The van der Waals surface area contributed by atoms with Crippen LogP contribution in [0.25, 0.3) is 0 Å². The van der Waals surface area contributed by atoms with Crippen molar-refractivity contribution in [1.29, 1.82) is 5.26 Å². The molecule has 1 atom stereocenters. The van der Waals surface area contributed by atoms with Crippen molar-refractivity contribution < 1.29 is 14.3 Å². The maximum absolute atomic E-state index is 13.1. The number of nitrogens with zero attached hydrogens (tertiary/aromatic N) is 3. The fraction of sp³-hybridized carbons (Fsp3) is 0.333. The lowest BCUT2D eigenvalue weighted by Crippen LogP contribution is -2.47. The molecule has 31 heavy (non-hydrogen) atoms. The van der Waals surface area contributed by atoms with Gasteiger partial charge in [0.1, 0.15) is 0 Å². The Morgan fingerprint density at radius 3 is 2.61 bits per heavy atom. The van der Waals surface area contributed by atoms with Crippen LogP contribution in [-0.4, -0.2) is 49.0 Å². The van der Waals surface area contributed by atoms with Crippen LogP contribution >= 0.6 is 11.8 Å². The molecule has 0 bridgehead atoms. The Labute approximate surface area is 187 Å². The van der Waals surface area contributed by atoms with E-state index < -0.39 is 0 Å². The molecule has 0 aromatic heterocycles. The van der Waals surface area contributed by atoms with Gasteiger partial charge in [-0.25, -0.2) is 0 Å². The third kappa shape index (κ3) is 4.41. The van der Waals surface area contributed by atoms with Crippen LogP contribution in [0.3, 0.4) is 0 Å². The van der Waals surface area contributed by atoms with Crippen LogP contribution in [0.4, 0.5) is 0 Å². The zero-order chi connectivity index (χ0) is 21.8. The van der Waals surface area contributed by atoms with E-state index in [1.165, 1.54) is 5.56 Å². The van der Waals surface area contributed by atoms with Crippen molar-refractivity contribution in [1.82, 2.24) is 9.80 Å². The second kappa shape index (κ2) is 9.46. The average molecular weight is 436 g/mol. The highest BCUT2D eigenvalue weighted by atomic mass is 32.2. The van der Waals surface area contributed by atoms with Crippen molar-refractivity contribution in [3.8, 4) is 17.6 Å². The van der Waals surface area contributed by atoms with Crippen LogP contribution in [0, 0.1) is 11.3 Å². The molecule has 2 aromatic carbocycles. The Hall–Kier alpha value is -2.95. The first kappa shape index (κ1) is 21.3. The summed E-state index contributed by atoms with van der Waals surface area (Å²) in [5, 5.41) is 10.8. The van der Waals surface area contributed by atoms with Crippen molar-refractivity contribution in [3.05, 3.63) is 70.3 Å². The number of allylic oxidation sites excluding steroid dienone is 1. The summed E-state index contributed by atoms with van der Waals surface area (Å²) in [6.07, 6.45) is 1.21. The van der Waals surface area contributed by atoms with Crippen LogP contribution in [0.1, 0.15) is 23.5 Å². The first-order valence-electron chi connectivity index (χ1n) is 10.2. The summed E-state index contributed by atoms with van der Waals surface area (Å²) in [7, 11) is 3.17. The number of benzene rings is 2. The van der Waals surface area contributed by atoms with E-state index >= 15 is 0 Å². The van der Waals surface area contributed by atoms with E-state index in [-0.39, 0.29) is 18.2 Å². The van der Waals surface area contributed by atoms with Gasteiger partial charge in [0, 0.05) is 18.9 Å². The fourth-order valence-electron chi connectivity index (χ4n) is 4.03. The number of fused-ring (bicyclic) bond motifs is 1. The number of methoxy groups -OCH3 is 2. The zero-order valence-corrected chi connectivity index (χ0v) is 18.5. The molecule has 160 valence electrons. The number of nitriles is 1. The molecule has 1 saturated heterocycles. The quantitative estimate of drug-likeness (QED) is 0.684. The van der Waals surface area contributed by atoms with Crippen LogP contribution in [-0.2, 0) is 11.2 Å². The van der Waals surface area contributed by atoms with Crippen molar-refractivity contribution in [2.45, 2.75) is 18.8 Å². The Kier molecular flexibility index (Phi) is 6.50. The number of carbonyl (C=O) groups excluding carboxylic acids is 1. The Balaban J connectivity index is 1.54. The van der Waals surface area contributed by atoms with Gasteiger partial charge in [-0.1, -0.05) is 48.2 Å². The molecule has 2 aromatic rings. The Morgan fingerprint density at radius 1 is 1.13 bits per heavy atom. The lowest BCUT2D eigenvalue weighted by Gasteiger charge is -2.41. The van der Waals surface area contributed by atoms with E-state index in [0.29, 0.717) is 23.7 Å². The number of hydrogen-bond donors (Lipinski definition) is 0. The monoisotopic (exact) mass is 435 g/mol. The molecular formula is C24H25N3O3S. The van der Waals surface area contributed by atoms with Gasteiger partial charge in [0.15, 0.2) is 11.5 Å². The van der Waals surface area contributed by atoms with Crippen LogP contribution in [0.15, 0.2) is 59.1 Å². The van der Waals surface area contributed by atoms with Crippen LogP contribution in [0.2, 0.25) is 0 Å². The minimum absolute atomic E-state index is 0.0469.